The molecule has 0 aromatic heterocycles. The Morgan fingerprint density at radius 1 is 0.862 bits per heavy atom. The highest BCUT2D eigenvalue weighted by Crippen LogP contribution is 2.47. The van der Waals surface area contributed by atoms with Crippen molar-refractivity contribution in [1.29, 1.82) is 0 Å². The van der Waals surface area contributed by atoms with Crippen molar-refractivity contribution < 1.29 is 24.3 Å². The summed E-state index contributed by atoms with van der Waals surface area (Å²) in [6, 6.07) is 29.6. The molecule has 0 radical (unpaired) electrons. The quantitative estimate of drug-likeness (QED) is 0.0980. The molecule has 2 saturated heterocycles. The molecule has 0 saturated carbocycles. The average molecular weight is 784 g/mol. The molecule has 3 atom stereocenters. The van der Waals surface area contributed by atoms with E-state index in [1.54, 1.807) is 7.05 Å². The SMILES string of the molecule is CN(OCc1cc2c(cc1C=O)CN(CC1CN(CC3CCN(c4ccc(C5c6ccc(O)cc6CCC5c5ccccc5)cc4)CC3)C1)C2)C(CCC=O)C(N)=O. The van der Waals surface area contributed by atoms with Gasteiger partial charge in [-0.1, -0.05) is 54.6 Å². The zero-order valence-electron chi connectivity index (χ0n) is 33.7. The molecule has 3 heterocycles. The van der Waals surface area contributed by atoms with Crippen LogP contribution in [0.15, 0.2) is 84.9 Å². The van der Waals surface area contributed by atoms with Crippen molar-refractivity contribution in [2.24, 2.45) is 17.6 Å². The number of aldehydes is 2. The third-order valence-corrected chi connectivity index (χ3v) is 13.2. The zero-order chi connectivity index (χ0) is 40.2. The first-order valence-electron chi connectivity index (χ1n) is 21.1. The molecule has 58 heavy (non-hydrogen) atoms. The average Bonchev–Trinajstić information content (AvgIpc) is 3.63. The minimum absolute atomic E-state index is 0.143. The Morgan fingerprint density at radius 3 is 2.29 bits per heavy atom. The van der Waals surface area contributed by atoms with Crippen LogP contribution in [0, 0.1) is 11.8 Å². The van der Waals surface area contributed by atoms with Gasteiger partial charge in [0.05, 0.1) is 6.61 Å². The van der Waals surface area contributed by atoms with Gasteiger partial charge in [0.1, 0.15) is 24.4 Å². The number of likely N-dealkylation sites (N-methyl/N-ethyl adjacent to an activating group) is 1. The number of aryl methyl sites for hydroxylation is 1. The van der Waals surface area contributed by atoms with Gasteiger partial charge in [0, 0.05) is 83.0 Å². The Labute approximate surface area is 342 Å². The van der Waals surface area contributed by atoms with Gasteiger partial charge in [-0.2, -0.15) is 5.06 Å². The zero-order valence-corrected chi connectivity index (χ0v) is 33.7. The summed E-state index contributed by atoms with van der Waals surface area (Å²) < 4.78 is 0. The Hall–Kier alpha value is -4.87. The number of likely N-dealkylation sites (tertiary alicyclic amines) is 1. The summed E-state index contributed by atoms with van der Waals surface area (Å²) >= 11 is 0. The lowest BCUT2D eigenvalue weighted by Gasteiger charge is -2.44. The molecule has 3 N–H and O–H groups in total. The second-order valence-corrected chi connectivity index (χ2v) is 17.1. The van der Waals surface area contributed by atoms with E-state index in [0.29, 0.717) is 23.1 Å². The van der Waals surface area contributed by atoms with Gasteiger partial charge in [0.15, 0.2) is 0 Å². The van der Waals surface area contributed by atoms with Crippen LogP contribution in [0.3, 0.4) is 0 Å². The summed E-state index contributed by atoms with van der Waals surface area (Å²) in [4.78, 5) is 48.3. The lowest BCUT2D eigenvalue weighted by molar-refractivity contribution is -0.183. The number of rotatable bonds is 16. The predicted molar refractivity (Wildman–Crippen MR) is 226 cm³/mol. The van der Waals surface area contributed by atoms with Crippen LogP contribution in [0.1, 0.15) is 93.2 Å². The number of anilines is 1. The molecule has 1 amide bonds. The van der Waals surface area contributed by atoms with Gasteiger partial charge >= 0.3 is 0 Å². The molecule has 1 aliphatic carbocycles. The van der Waals surface area contributed by atoms with Crippen LogP contribution in [0.25, 0.3) is 0 Å². The number of fused-ring (bicyclic) bond motifs is 2. The molecule has 8 rings (SSSR count). The molecule has 10 nitrogen and oxygen atoms in total. The number of hydroxylamine groups is 2. The fourth-order valence-electron chi connectivity index (χ4n) is 10.2. The van der Waals surface area contributed by atoms with Gasteiger partial charge in [-0.3, -0.25) is 19.3 Å². The molecule has 4 aromatic rings. The Bertz CT molecular complexity index is 2060. The molecular formula is C48H57N5O5. The van der Waals surface area contributed by atoms with E-state index >= 15 is 0 Å². The topological polar surface area (TPSA) is 120 Å². The number of hydrogen-bond acceptors (Lipinski definition) is 9. The molecule has 4 aromatic carbocycles. The van der Waals surface area contributed by atoms with E-state index in [1.807, 2.05) is 18.2 Å². The number of piperidine rings is 1. The molecular weight excluding hydrogens is 727 g/mol. The van der Waals surface area contributed by atoms with Gasteiger partial charge in [-0.05, 0) is 119 Å². The number of nitrogens with two attached hydrogens (primary N) is 1. The molecule has 2 fully saturated rings. The minimum atomic E-state index is -0.716. The molecule has 10 heteroatoms. The third kappa shape index (κ3) is 8.90. The van der Waals surface area contributed by atoms with Crippen LogP contribution in [-0.2, 0) is 40.5 Å². The van der Waals surface area contributed by atoms with Gasteiger partial charge in [-0.25, -0.2) is 0 Å². The number of hydrogen-bond donors (Lipinski definition) is 2. The summed E-state index contributed by atoms with van der Waals surface area (Å²) in [5.41, 5.74) is 16.0. The van der Waals surface area contributed by atoms with E-state index in [-0.39, 0.29) is 25.4 Å². The number of aromatic hydroxyl groups is 1. The fourth-order valence-corrected chi connectivity index (χ4v) is 10.2. The van der Waals surface area contributed by atoms with E-state index in [1.165, 1.54) is 63.5 Å². The second-order valence-electron chi connectivity index (χ2n) is 17.1. The molecule has 3 aliphatic heterocycles. The molecule has 304 valence electrons. The van der Waals surface area contributed by atoms with Crippen molar-refractivity contribution in [3.05, 3.63) is 129 Å². The predicted octanol–water partition coefficient (Wildman–Crippen LogP) is 6.43. The van der Waals surface area contributed by atoms with E-state index in [9.17, 15) is 19.5 Å². The van der Waals surface area contributed by atoms with E-state index < -0.39 is 11.9 Å². The van der Waals surface area contributed by atoms with Crippen LogP contribution in [-0.4, -0.2) is 90.8 Å². The first-order valence-corrected chi connectivity index (χ1v) is 21.1. The van der Waals surface area contributed by atoms with Crippen molar-refractivity contribution in [2.75, 3.05) is 51.2 Å². The molecule has 0 spiro atoms. The van der Waals surface area contributed by atoms with Crippen LogP contribution < -0.4 is 10.6 Å². The second kappa shape index (κ2) is 18.0. The number of amides is 1. The maximum atomic E-state index is 12.0. The van der Waals surface area contributed by atoms with Crippen molar-refractivity contribution in [3.63, 3.8) is 0 Å². The van der Waals surface area contributed by atoms with Crippen molar-refractivity contribution >= 4 is 24.2 Å². The summed E-state index contributed by atoms with van der Waals surface area (Å²) in [7, 11) is 1.63. The highest BCUT2D eigenvalue weighted by atomic mass is 16.7. The molecule has 3 unspecified atom stereocenters. The van der Waals surface area contributed by atoms with Crippen LogP contribution in [0.5, 0.6) is 5.75 Å². The largest absolute Gasteiger partial charge is 0.508 e. The Morgan fingerprint density at radius 2 is 1.59 bits per heavy atom. The summed E-state index contributed by atoms with van der Waals surface area (Å²) in [6.07, 6.45) is 6.60. The first-order chi connectivity index (χ1) is 28.3. The maximum Gasteiger partial charge on any atom is 0.237 e. The highest BCUT2D eigenvalue weighted by molar-refractivity contribution is 5.80. The third-order valence-electron chi connectivity index (χ3n) is 13.2. The summed E-state index contributed by atoms with van der Waals surface area (Å²) in [5.74, 6) is 1.84. The Balaban J connectivity index is 0.795. The lowest BCUT2D eigenvalue weighted by atomic mass is 9.69. The van der Waals surface area contributed by atoms with Gasteiger partial charge in [-0.15, -0.1) is 0 Å². The highest BCUT2D eigenvalue weighted by Gasteiger charge is 2.34. The minimum Gasteiger partial charge on any atom is -0.508 e. The number of nitrogens with zero attached hydrogens (tertiary/aromatic N) is 4. The molecule has 0 bridgehead atoms. The smallest absolute Gasteiger partial charge is 0.237 e. The first kappa shape index (κ1) is 39.9. The van der Waals surface area contributed by atoms with Crippen molar-refractivity contribution in [1.82, 2.24) is 14.9 Å². The number of carbonyl (C=O) groups excluding carboxylic acids is 3. The van der Waals surface area contributed by atoms with Gasteiger partial charge in [0.25, 0.3) is 0 Å². The normalized spacial score (nSPS) is 20.7. The number of phenolic OH excluding ortho intramolecular Hbond substituents is 1. The van der Waals surface area contributed by atoms with E-state index in [2.05, 4.69) is 81.4 Å². The van der Waals surface area contributed by atoms with Crippen molar-refractivity contribution in [2.45, 2.75) is 76.1 Å². The summed E-state index contributed by atoms with van der Waals surface area (Å²) in [5, 5.41) is 11.6. The van der Waals surface area contributed by atoms with E-state index in [0.717, 1.165) is 82.7 Å². The number of phenols is 1. The van der Waals surface area contributed by atoms with Crippen LogP contribution in [0.2, 0.25) is 0 Å². The van der Waals surface area contributed by atoms with Crippen LogP contribution >= 0.6 is 0 Å². The monoisotopic (exact) mass is 783 g/mol. The van der Waals surface area contributed by atoms with Crippen molar-refractivity contribution in [3.8, 4) is 5.75 Å². The standard InChI is InChI=1S/C48H57N5O5/c1-50(46(48(49)57)8-5-21-54)58-32-41-23-39-30-52(29-38(39)22-40(41)31-55)28-34-26-51(27-34)25-33-17-19-53(20-18-33)42-12-9-36(10-13-42)47-44(35-6-3-2-4-7-35)15-11-37-24-43(56)14-16-45(37)47/h2-4,6-7,9-10,12-14,16,21-24,31,33-34,44,46-47,56H,5,8,11,15,17-20,25-30,32H2,1H3,(H2,49,57). The Kier molecular flexibility index (Phi) is 12.4. The summed E-state index contributed by atoms with van der Waals surface area (Å²) in [6.45, 7) is 8.50. The van der Waals surface area contributed by atoms with E-state index in [4.69, 9.17) is 10.6 Å². The fraction of sp³-hybridized carbons (Fsp3) is 0.438. The van der Waals surface area contributed by atoms with Gasteiger partial charge in [0.2, 0.25) is 5.91 Å². The number of benzene rings is 4. The van der Waals surface area contributed by atoms with Gasteiger partial charge < -0.3 is 25.4 Å². The number of primary amides is 1. The maximum absolute atomic E-state index is 12.0. The lowest BCUT2D eigenvalue weighted by Crippen LogP contribution is -2.53. The number of carbonyl (C=O) groups is 3. The molecule has 4 aliphatic rings. The van der Waals surface area contributed by atoms with Crippen LogP contribution in [0.4, 0.5) is 5.69 Å².